The van der Waals surface area contributed by atoms with Crippen LogP contribution in [0.2, 0.25) is 10.0 Å². The quantitative estimate of drug-likeness (QED) is 0.172. The third kappa shape index (κ3) is 7.92. The van der Waals surface area contributed by atoms with Crippen LogP contribution < -0.4 is 9.62 Å². The molecule has 0 heterocycles. The zero-order valence-electron chi connectivity index (χ0n) is 25.6. The molecule has 2 amide bonds. The smallest absolute Gasteiger partial charge is 0.264 e. The van der Waals surface area contributed by atoms with Crippen molar-refractivity contribution in [3.63, 3.8) is 0 Å². The lowest BCUT2D eigenvalue weighted by Crippen LogP contribution is -2.54. The normalized spacial score (nSPS) is 14.1. The second kappa shape index (κ2) is 15.2. The minimum absolute atomic E-state index is 0.00792. The zero-order chi connectivity index (χ0) is 32.7. The lowest BCUT2D eigenvalue weighted by molar-refractivity contribution is -0.140. The van der Waals surface area contributed by atoms with E-state index in [9.17, 15) is 18.0 Å². The summed E-state index contributed by atoms with van der Waals surface area (Å²) >= 11 is 13.2. The Morgan fingerprint density at radius 3 is 2.04 bits per heavy atom. The average molecular weight is 679 g/mol. The van der Waals surface area contributed by atoms with E-state index in [4.69, 9.17) is 23.2 Å². The van der Waals surface area contributed by atoms with E-state index in [1.807, 2.05) is 36.4 Å². The Morgan fingerprint density at radius 2 is 1.41 bits per heavy atom. The van der Waals surface area contributed by atoms with E-state index in [1.165, 1.54) is 17.0 Å². The molecule has 0 bridgehead atoms. The molecule has 1 atom stereocenters. The van der Waals surface area contributed by atoms with Crippen molar-refractivity contribution in [1.82, 2.24) is 10.2 Å². The highest BCUT2D eigenvalue weighted by molar-refractivity contribution is 7.92. The SMILES string of the molecule is Cc1ccccc1N(CC(=O)N(Cc1c(Cl)cccc1Cl)C(Cc1ccccc1)C(=O)NC1CCCC1)S(=O)(=O)c1ccccc1. The number of carbonyl (C=O) groups excluding carboxylic acids is 2. The molecule has 0 aliphatic heterocycles. The number of halogens is 2. The molecular formula is C36H37Cl2N3O4S. The largest absolute Gasteiger partial charge is 0.352 e. The van der Waals surface area contributed by atoms with Gasteiger partial charge in [0.1, 0.15) is 12.6 Å². The fourth-order valence-electron chi connectivity index (χ4n) is 5.85. The highest BCUT2D eigenvalue weighted by atomic mass is 35.5. The van der Waals surface area contributed by atoms with Crippen molar-refractivity contribution in [1.29, 1.82) is 0 Å². The summed E-state index contributed by atoms with van der Waals surface area (Å²) in [6.45, 7) is 1.15. The summed E-state index contributed by atoms with van der Waals surface area (Å²) in [5.74, 6) is -0.873. The van der Waals surface area contributed by atoms with Crippen molar-refractivity contribution >= 4 is 50.7 Å². The molecule has 4 aromatic rings. The van der Waals surface area contributed by atoms with E-state index >= 15 is 0 Å². The fraction of sp³-hybridized carbons (Fsp3) is 0.278. The Bertz CT molecular complexity index is 1740. The summed E-state index contributed by atoms with van der Waals surface area (Å²) in [5, 5.41) is 3.85. The molecule has 0 spiro atoms. The Hall–Kier alpha value is -3.85. The van der Waals surface area contributed by atoms with Crippen LogP contribution in [0, 0.1) is 6.92 Å². The Labute approximate surface area is 281 Å². The molecule has 1 unspecified atom stereocenters. The molecule has 1 fully saturated rings. The van der Waals surface area contributed by atoms with E-state index in [2.05, 4.69) is 5.32 Å². The van der Waals surface area contributed by atoms with E-state index in [0.29, 0.717) is 26.9 Å². The van der Waals surface area contributed by atoms with Crippen LogP contribution in [-0.2, 0) is 32.6 Å². The van der Waals surface area contributed by atoms with E-state index in [1.54, 1.807) is 61.5 Å². The molecule has 1 aliphatic carbocycles. The third-order valence-corrected chi connectivity index (χ3v) is 10.8. The number of amides is 2. The number of anilines is 1. The van der Waals surface area contributed by atoms with E-state index in [-0.39, 0.29) is 29.8 Å². The van der Waals surface area contributed by atoms with Gasteiger partial charge in [-0.1, -0.05) is 109 Å². The first-order chi connectivity index (χ1) is 22.1. The average Bonchev–Trinajstić information content (AvgIpc) is 3.57. The summed E-state index contributed by atoms with van der Waals surface area (Å²) in [4.78, 5) is 30.3. The molecule has 0 saturated heterocycles. The van der Waals surface area contributed by atoms with Crippen LogP contribution in [0.15, 0.2) is 108 Å². The first-order valence-electron chi connectivity index (χ1n) is 15.3. The highest BCUT2D eigenvalue weighted by Gasteiger charge is 2.36. The summed E-state index contributed by atoms with van der Waals surface area (Å²) in [7, 11) is -4.18. The molecule has 10 heteroatoms. The number of hydrogen-bond acceptors (Lipinski definition) is 4. The van der Waals surface area contributed by atoms with Crippen molar-refractivity contribution in [2.75, 3.05) is 10.8 Å². The molecule has 0 aromatic heterocycles. The first-order valence-corrected chi connectivity index (χ1v) is 17.5. The second-order valence-electron chi connectivity index (χ2n) is 11.5. The number of carbonyl (C=O) groups is 2. The maximum absolute atomic E-state index is 14.7. The third-order valence-electron chi connectivity index (χ3n) is 8.36. The number of para-hydroxylation sites is 1. The topological polar surface area (TPSA) is 86.8 Å². The highest BCUT2D eigenvalue weighted by Crippen LogP contribution is 2.30. The number of hydrogen-bond donors (Lipinski definition) is 1. The predicted molar refractivity (Wildman–Crippen MR) is 183 cm³/mol. The van der Waals surface area contributed by atoms with Crippen LogP contribution in [0.3, 0.4) is 0 Å². The van der Waals surface area contributed by atoms with Gasteiger partial charge in [-0.25, -0.2) is 8.42 Å². The number of nitrogens with zero attached hydrogens (tertiary/aromatic N) is 2. The number of sulfonamides is 1. The van der Waals surface area contributed by atoms with Gasteiger partial charge in [0.25, 0.3) is 10.0 Å². The predicted octanol–water partition coefficient (Wildman–Crippen LogP) is 7.20. The molecule has 5 rings (SSSR count). The van der Waals surface area contributed by atoms with Crippen LogP contribution in [0.5, 0.6) is 0 Å². The summed E-state index contributed by atoms with van der Waals surface area (Å²) < 4.78 is 29.5. The molecule has 46 heavy (non-hydrogen) atoms. The van der Waals surface area contributed by atoms with Gasteiger partial charge in [-0.15, -0.1) is 0 Å². The van der Waals surface area contributed by atoms with Gasteiger partial charge < -0.3 is 10.2 Å². The van der Waals surface area contributed by atoms with Gasteiger partial charge >= 0.3 is 0 Å². The molecule has 1 N–H and O–H groups in total. The summed E-state index contributed by atoms with van der Waals surface area (Å²) in [6.07, 6.45) is 3.99. The van der Waals surface area contributed by atoms with Crippen molar-refractivity contribution in [2.24, 2.45) is 0 Å². The maximum atomic E-state index is 14.7. The van der Waals surface area contributed by atoms with Crippen molar-refractivity contribution in [3.8, 4) is 0 Å². The van der Waals surface area contributed by atoms with Crippen LogP contribution in [0.4, 0.5) is 5.69 Å². The van der Waals surface area contributed by atoms with Crippen molar-refractivity contribution in [2.45, 2.75) is 62.6 Å². The van der Waals surface area contributed by atoms with Crippen LogP contribution in [0.25, 0.3) is 0 Å². The van der Waals surface area contributed by atoms with Crippen molar-refractivity contribution in [3.05, 3.63) is 130 Å². The number of benzene rings is 4. The molecule has 4 aromatic carbocycles. The molecule has 1 aliphatic rings. The van der Waals surface area contributed by atoms with Gasteiger partial charge in [-0.3, -0.25) is 13.9 Å². The zero-order valence-corrected chi connectivity index (χ0v) is 27.9. The molecule has 0 radical (unpaired) electrons. The molecule has 7 nitrogen and oxygen atoms in total. The summed E-state index contributed by atoms with van der Waals surface area (Å²) in [5.41, 5.74) is 2.37. The lowest BCUT2D eigenvalue weighted by atomic mass is 10.0. The Kier molecular flexibility index (Phi) is 11.0. The number of nitrogens with one attached hydrogen (secondary N) is 1. The Morgan fingerprint density at radius 1 is 0.826 bits per heavy atom. The van der Waals surface area contributed by atoms with Gasteiger partial charge in [0.05, 0.1) is 10.6 Å². The van der Waals surface area contributed by atoms with Crippen LogP contribution in [0.1, 0.15) is 42.4 Å². The molecule has 1 saturated carbocycles. The standard InChI is InChI=1S/C36H37Cl2N3O4S/c1-26-13-8-11-22-33(26)41(46(44,45)29-18-6-3-7-19-29)25-35(42)40(24-30-31(37)20-12-21-32(30)38)34(23-27-14-4-2-5-15-27)36(43)39-28-16-9-10-17-28/h2-8,11-15,18-22,28,34H,9-10,16-17,23-25H2,1H3,(H,39,43). The van der Waals surface area contributed by atoms with Gasteiger partial charge in [0.15, 0.2) is 0 Å². The Balaban J connectivity index is 1.60. The van der Waals surface area contributed by atoms with Gasteiger partial charge in [-0.2, -0.15) is 0 Å². The van der Waals surface area contributed by atoms with Gasteiger partial charge in [0, 0.05) is 34.6 Å². The van der Waals surface area contributed by atoms with Crippen LogP contribution >= 0.6 is 23.2 Å². The van der Waals surface area contributed by atoms with Gasteiger partial charge in [-0.05, 0) is 61.2 Å². The lowest BCUT2D eigenvalue weighted by Gasteiger charge is -2.35. The monoisotopic (exact) mass is 677 g/mol. The minimum Gasteiger partial charge on any atom is -0.352 e. The summed E-state index contributed by atoms with van der Waals surface area (Å²) in [6, 6.07) is 28.6. The van der Waals surface area contributed by atoms with Crippen molar-refractivity contribution < 1.29 is 18.0 Å². The molecule has 240 valence electrons. The maximum Gasteiger partial charge on any atom is 0.264 e. The molecular weight excluding hydrogens is 641 g/mol. The van der Waals surface area contributed by atoms with Crippen LogP contribution in [-0.4, -0.2) is 43.8 Å². The van der Waals surface area contributed by atoms with E-state index < -0.39 is 28.5 Å². The number of rotatable bonds is 12. The number of aryl methyl sites for hydroxylation is 1. The van der Waals surface area contributed by atoms with Gasteiger partial charge in [0.2, 0.25) is 11.8 Å². The first kappa shape index (κ1) is 33.5. The second-order valence-corrected chi connectivity index (χ2v) is 14.2. The fourth-order valence-corrected chi connectivity index (χ4v) is 7.87. The minimum atomic E-state index is -4.18. The van der Waals surface area contributed by atoms with E-state index in [0.717, 1.165) is 35.6 Å².